The Morgan fingerprint density at radius 1 is 1.10 bits per heavy atom. The van der Waals surface area contributed by atoms with Crippen molar-refractivity contribution in [1.82, 2.24) is 14.9 Å². The Labute approximate surface area is 180 Å². The summed E-state index contributed by atoms with van der Waals surface area (Å²) in [5.74, 6) is 0.780. The van der Waals surface area contributed by atoms with Crippen LogP contribution in [-0.4, -0.2) is 46.1 Å². The minimum atomic E-state index is -0.846. The number of nitrogens with one attached hydrogen (secondary N) is 1. The fourth-order valence-corrected chi connectivity index (χ4v) is 3.03. The van der Waals surface area contributed by atoms with Crippen molar-refractivity contribution in [3.63, 3.8) is 0 Å². The number of carboxylic acid groups (broad SMARTS) is 1. The van der Waals surface area contributed by atoms with Crippen LogP contribution in [0.15, 0.2) is 67.0 Å². The van der Waals surface area contributed by atoms with E-state index in [2.05, 4.69) is 15.3 Å². The second kappa shape index (κ2) is 10.6. The van der Waals surface area contributed by atoms with E-state index in [0.717, 1.165) is 5.56 Å². The van der Waals surface area contributed by atoms with E-state index in [-0.39, 0.29) is 12.6 Å². The number of halogens is 1. The summed E-state index contributed by atoms with van der Waals surface area (Å²) in [6.07, 6.45) is 3.89. The molecular weight excluding hydrogens is 404 g/mol. The highest BCUT2D eigenvalue weighted by Crippen LogP contribution is 2.24. The van der Waals surface area contributed by atoms with Gasteiger partial charge in [-0.3, -0.25) is 9.69 Å². The lowest BCUT2D eigenvalue weighted by molar-refractivity contribution is -0.138. The summed E-state index contributed by atoms with van der Waals surface area (Å²) in [6.45, 7) is 0.603. The maximum absolute atomic E-state index is 10.9. The van der Waals surface area contributed by atoms with Crippen LogP contribution in [0.4, 0.5) is 5.95 Å². The van der Waals surface area contributed by atoms with Crippen LogP contribution in [0.3, 0.4) is 0 Å². The van der Waals surface area contributed by atoms with Crippen molar-refractivity contribution in [2.24, 2.45) is 0 Å². The molecule has 3 aromatic rings. The first-order valence-electron chi connectivity index (χ1n) is 9.47. The molecule has 2 N–H and O–H groups in total. The van der Waals surface area contributed by atoms with E-state index in [1.165, 1.54) is 0 Å². The molecule has 1 unspecified atom stereocenters. The van der Waals surface area contributed by atoms with Gasteiger partial charge in [-0.2, -0.15) is 0 Å². The number of aliphatic carboxylic acids is 1. The molecule has 1 heterocycles. The lowest BCUT2D eigenvalue weighted by Crippen LogP contribution is -2.28. The minimum Gasteiger partial charge on any atom is -0.480 e. The van der Waals surface area contributed by atoms with Crippen LogP contribution in [0.25, 0.3) is 0 Å². The molecule has 1 aromatic heterocycles. The van der Waals surface area contributed by atoms with Crippen molar-refractivity contribution in [2.75, 3.05) is 25.5 Å². The van der Waals surface area contributed by atoms with Crippen molar-refractivity contribution >= 4 is 23.5 Å². The number of benzene rings is 2. The first kappa shape index (κ1) is 21.5. The van der Waals surface area contributed by atoms with Gasteiger partial charge in [0.15, 0.2) is 5.75 Å². The highest BCUT2D eigenvalue weighted by Gasteiger charge is 2.15. The molecule has 0 aliphatic rings. The monoisotopic (exact) mass is 426 g/mol. The lowest BCUT2D eigenvalue weighted by atomic mass is 10.0. The summed E-state index contributed by atoms with van der Waals surface area (Å²) in [4.78, 5) is 21.4. The first-order chi connectivity index (χ1) is 14.5. The normalized spacial score (nSPS) is 11.8. The first-order valence-corrected chi connectivity index (χ1v) is 9.84. The molecule has 156 valence electrons. The summed E-state index contributed by atoms with van der Waals surface area (Å²) >= 11 is 5.88. The van der Waals surface area contributed by atoms with Crippen molar-refractivity contribution in [3.8, 4) is 11.5 Å². The maximum atomic E-state index is 10.9. The van der Waals surface area contributed by atoms with Gasteiger partial charge in [0.1, 0.15) is 5.75 Å². The summed E-state index contributed by atoms with van der Waals surface area (Å²) in [5, 5.41) is 12.9. The fourth-order valence-electron chi connectivity index (χ4n) is 2.90. The number of carbonyl (C=O) groups is 1. The van der Waals surface area contributed by atoms with E-state index >= 15 is 0 Å². The van der Waals surface area contributed by atoms with Crippen LogP contribution in [0.2, 0.25) is 5.02 Å². The molecular formula is C22H23ClN4O3. The molecule has 8 heteroatoms. The number of ether oxygens (including phenoxy) is 1. The molecule has 7 nitrogen and oxygen atoms in total. The smallest absolute Gasteiger partial charge is 0.317 e. The molecule has 0 fully saturated rings. The fraction of sp³-hybridized carbons (Fsp3) is 0.227. The quantitative estimate of drug-likeness (QED) is 0.494. The van der Waals surface area contributed by atoms with Gasteiger partial charge in [0.05, 0.1) is 25.0 Å². The highest BCUT2D eigenvalue weighted by molar-refractivity contribution is 6.30. The molecule has 0 spiro atoms. The topological polar surface area (TPSA) is 87.6 Å². The Hall–Kier alpha value is -3.16. The molecule has 0 saturated carbocycles. The van der Waals surface area contributed by atoms with E-state index < -0.39 is 5.97 Å². The summed E-state index contributed by atoms with van der Waals surface area (Å²) < 4.78 is 5.72. The Kier molecular flexibility index (Phi) is 7.59. The van der Waals surface area contributed by atoms with Gasteiger partial charge in [-0.25, -0.2) is 9.97 Å². The van der Waals surface area contributed by atoms with Crippen molar-refractivity contribution < 1.29 is 14.6 Å². The van der Waals surface area contributed by atoms with Crippen LogP contribution in [-0.2, 0) is 4.79 Å². The van der Waals surface area contributed by atoms with Gasteiger partial charge >= 0.3 is 5.97 Å². The molecule has 0 radical (unpaired) electrons. The third kappa shape index (κ3) is 6.72. The van der Waals surface area contributed by atoms with E-state index in [1.54, 1.807) is 48.6 Å². The number of nitrogens with zero attached hydrogens (tertiary/aromatic N) is 3. The van der Waals surface area contributed by atoms with E-state index in [4.69, 9.17) is 21.4 Å². The molecule has 0 aliphatic carbocycles. The number of aromatic nitrogens is 2. The minimum absolute atomic E-state index is 0.00521. The van der Waals surface area contributed by atoms with Gasteiger partial charge < -0.3 is 15.2 Å². The standard InChI is InChI=1S/C22H23ClN4O3/c1-27(15-21(28)29)12-11-20(16-5-3-2-4-6-16)26-22-24-13-19(14-25-22)30-18-9-7-17(23)8-10-18/h2-10,13-14,20H,11-12,15H2,1H3,(H,28,29)(H,24,25,26). The Balaban J connectivity index is 1.66. The van der Waals surface area contributed by atoms with Gasteiger partial charge in [-0.1, -0.05) is 41.9 Å². The predicted octanol–water partition coefficient (Wildman–Crippen LogP) is 4.48. The molecule has 0 aliphatic heterocycles. The molecule has 2 aromatic carbocycles. The van der Waals surface area contributed by atoms with Gasteiger partial charge in [0.25, 0.3) is 0 Å². The average molecular weight is 427 g/mol. The van der Waals surface area contributed by atoms with Crippen LogP contribution >= 0.6 is 11.6 Å². The van der Waals surface area contributed by atoms with Gasteiger partial charge in [0, 0.05) is 11.6 Å². The zero-order chi connectivity index (χ0) is 21.3. The van der Waals surface area contributed by atoms with Gasteiger partial charge in [0.2, 0.25) is 5.95 Å². The second-order valence-electron chi connectivity index (χ2n) is 6.83. The van der Waals surface area contributed by atoms with E-state index in [1.807, 2.05) is 30.3 Å². The number of carboxylic acids is 1. The number of anilines is 1. The molecule has 0 amide bonds. The molecule has 1 atom stereocenters. The average Bonchev–Trinajstić information content (AvgIpc) is 2.74. The summed E-state index contributed by atoms with van der Waals surface area (Å²) in [6, 6.07) is 16.9. The third-order valence-electron chi connectivity index (χ3n) is 4.39. The zero-order valence-corrected chi connectivity index (χ0v) is 17.3. The Bertz CT molecular complexity index is 937. The molecule has 3 rings (SSSR count). The molecule has 30 heavy (non-hydrogen) atoms. The number of likely N-dealkylation sites (N-methyl/N-ethyl adjacent to an activating group) is 1. The van der Waals surface area contributed by atoms with Gasteiger partial charge in [-0.05, 0) is 43.3 Å². The number of rotatable bonds is 10. The van der Waals surface area contributed by atoms with Crippen molar-refractivity contribution in [1.29, 1.82) is 0 Å². The van der Waals surface area contributed by atoms with Crippen LogP contribution < -0.4 is 10.1 Å². The summed E-state index contributed by atoms with van der Waals surface area (Å²) in [5.41, 5.74) is 1.08. The van der Waals surface area contributed by atoms with Crippen LogP contribution in [0.1, 0.15) is 18.0 Å². The largest absolute Gasteiger partial charge is 0.480 e. The van der Waals surface area contributed by atoms with Crippen LogP contribution in [0, 0.1) is 0 Å². The van der Waals surface area contributed by atoms with Crippen LogP contribution in [0.5, 0.6) is 11.5 Å². The van der Waals surface area contributed by atoms with Gasteiger partial charge in [-0.15, -0.1) is 0 Å². The second-order valence-corrected chi connectivity index (χ2v) is 7.26. The maximum Gasteiger partial charge on any atom is 0.317 e. The third-order valence-corrected chi connectivity index (χ3v) is 4.64. The lowest BCUT2D eigenvalue weighted by Gasteiger charge is -2.22. The molecule has 0 bridgehead atoms. The van der Waals surface area contributed by atoms with Crippen molar-refractivity contribution in [3.05, 3.63) is 77.6 Å². The number of hydrogen-bond donors (Lipinski definition) is 2. The SMILES string of the molecule is CN(CCC(Nc1ncc(Oc2ccc(Cl)cc2)cn1)c1ccccc1)CC(=O)O. The Morgan fingerprint density at radius 3 is 2.40 bits per heavy atom. The Morgan fingerprint density at radius 2 is 1.77 bits per heavy atom. The zero-order valence-electron chi connectivity index (χ0n) is 16.5. The van der Waals surface area contributed by atoms with Crippen molar-refractivity contribution in [2.45, 2.75) is 12.5 Å². The highest BCUT2D eigenvalue weighted by atomic mass is 35.5. The predicted molar refractivity (Wildman–Crippen MR) is 116 cm³/mol. The summed E-state index contributed by atoms with van der Waals surface area (Å²) in [7, 11) is 1.79. The van der Waals surface area contributed by atoms with E-state index in [0.29, 0.717) is 35.4 Å². The molecule has 0 saturated heterocycles. The number of hydrogen-bond acceptors (Lipinski definition) is 6. The van der Waals surface area contributed by atoms with E-state index in [9.17, 15) is 4.79 Å².